The molecule has 0 spiro atoms. The molecule has 0 unspecified atom stereocenters. The van der Waals surface area contributed by atoms with Crippen LogP contribution in [0.3, 0.4) is 0 Å². The van der Waals surface area contributed by atoms with Gasteiger partial charge in [0.25, 0.3) is 0 Å². The van der Waals surface area contributed by atoms with Crippen LogP contribution in [0.1, 0.15) is 18.5 Å². The molecule has 1 radical (unpaired) electrons. The van der Waals surface area contributed by atoms with Crippen LogP contribution >= 0.6 is 0 Å². The van der Waals surface area contributed by atoms with Crippen molar-refractivity contribution >= 4 is 6.08 Å². The van der Waals surface area contributed by atoms with E-state index < -0.39 is 0 Å². The van der Waals surface area contributed by atoms with Crippen LogP contribution in [0.15, 0.2) is 24.4 Å². The molecule has 1 nitrogen and oxygen atoms in total. The van der Waals surface area contributed by atoms with Gasteiger partial charge in [-0.3, -0.25) is 0 Å². The highest BCUT2D eigenvalue weighted by molar-refractivity contribution is 5.43. The van der Waals surface area contributed by atoms with Gasteiger partial charge in [-0.2, -0.15) is 0 Å². The Morgan fingerprint density at radius 3 is 3.10 bits per heavy atom. The van der Waals surface area contributed by atoms with Crippen LogP contribution in [0.25, 0.3) is 6.08 Å². The largest absolute Gasteiger partial charge is 0.362 e. The average molecular weight is 134 g/mol. The molecule has 1 aromatic rings. The fourth-order valence-corrected chi connectivity index (χ4v) is 0.776. The number of aromatic nitrogens is 1. The van der Waals surface area contributed by atoms with E-state index in [0.29, 0.717) is 0 Å². The van der Waals surface area contributed by atoms with Gasteiger partial charge in [0.15, 0.2) is 0 Å². The van der Waals surface area contributed by atoms with Crippen LogP contribution < -0.4 is 0 Å². The summed E-state index contributed by atoms with van der Waals surface area (Å²) < 4.78 is 0. The molecule has 0 aliphatic heterocycles. The van der Waals surface area contributed by atoms with Crippen molar-refractivity contribution in [2.45, 2.75) is 12.8 Å². The molecular weight excluding hydrogens is 122 g/mol. The van der Waals surface area contributed by atoms with Gasteiger partial charge in [-0.15, -0.1) is 0 Å². The Balaban J connectivity index is 2.40. The van der Waals surface area contributed by atoms with Crippen molar-refractivity contribution in [3.63, 3.8) is 0 Å². The zero-order valence-corrected chi connectivity index (χ0v) is 6.01. The van der Waals surface area contributed by atoms with Crippen molar-refractivity contribution in [2.75, 3.05) is 0 Å². The molecule has 0 aromatic carbocycles. The van der Waals surface area contributed by atoms with Gasteiger partial charge < -0.3 is 4.98 Å². The minimum Gasteiger partial charge on any atom is -0.362 e. The summed E-state index contributed by atoms with van der Waals surface area (Å²) >= 11 is 0. The van der Waals surface area contributed by atoms with Crippen LogP contribution in [0.5, 0.6) is 0 Å². The molecule has 0 fully saturated rings. The van der Waals surface area contributed by atoms with Gasteiger partial charge in [-0.25, -0.2) is 0 Å². The third-order valence-electron chi connectivity index (χ3n) is 1.29. The summed E-state index contributed by atoms with van der Waals surface area (Å²) in [7, 11) is 0. The number of hydrogen-bond acceptors (Lipinski definition) is 0. The van der Waals surface area contributed by atoms with Gasteiger partial charge in [-0.05, 0) is 31.1 Å². The summed E-state index contributed by atoms with van der Waals surface area (Å²) in [5.74, 6) is 0. The first-order chi connectivity index (χ1) is 4.93. The van der Waals surface area contributed by atoms with E-state index in [1.54, 1.807) is 0 Å². The number of nitrogens with one attached hydrogen (secondary N) is 1. The summed E-state index contributed by atoms with van der Waals surface area (Å²) in [6, 6.07) is 4.03. The monoisotopic (exact) mass is 134 g/mol. The average Bonchev–Trinajstić information content (AvgIpc) is 2.41. The second-order valence-electron chi connectivity index (χ2n) is 2.17. The molecule has 0 bridgehead atoms. The summed E-state index contributed by atoms with van der Waals surface area (Å²) in [6.07, 6.45) is 8.14. The number of allylic oxidation sites excluding steroid dienone is 1. The lowest BCUT2D eigenvalue weighted by atomic mass is 10.3. The van der Waals surface area contributed by atoms with Crippen LogP contribution in [0.2, 0.25) is 0 Å². The highest BCUT2D eigenvalue weighted by Crippen LogP contribution is 1.99. The van der Waals surface area contributed by atoms with Gasteiger partial charge in [0.1, 0.15) is 0 Å². The lowest BCUT2D eigenvalue weighted by Crippen LogP contribution is -1.67. The second kappa shape index (κ2) is 3.94. The molecule has 1 aromatic heterocycles. The molecule has 0 aliphatic carbocycles. The number of aromatic amines is 1. The summed E-state index contributed by atoms with van der Waals surface area (Å²) in [6.45, 7) is 3.74. The number of rotatable bonds is 3. The van der Waals surface area contributed by atoms with Crippen molar-refractivity contribution in [3.8, 4) is 0 Å². The lowest BCUT2D eigenvalue weighted by Gasteiger charge is -1.84. The Morgan fingerprint density at radius 2 is 2.50 bits per heavy atom. The normalized spacial score (nSPS) is 10.9. The molecule has 53 valence electrons. The molecule has 1 heterocycles. The van der Waals surface area contributed by atoms with Crippen molar-refractivity contribution < 1.29 is 0 Å². The summed E-state index contributed by atoms with van der Waals surface area (Å²) in [5.41, 5.74) is 1.16. The van der Waals surface area contributed by atoms with E-state index in [2.05, 4.69) is 24.1 Å². The number of hydrogen-bond donors (Lipinski definition) is 1. The van der Waals surface area contributed by atoms with E-state index in [1.807, 2.05) is 18.3 Å². The van der Waals surface area contributed by atoms with Gasteiger partial charge in [0.2, 0.25) is 0 Å². The second-order valence-corrected chi connectivity index (χ2v) is 2.17. The topological polar surface area (TPSA) is 15.8 Å². The predicted octanol–water partition coefficient (Wildman–Crippen LogP) is 2.64. The molecule has 0 amide bonds. The van der Waals surface area contributed by atoms with Crippen molar-refractivity contribution in [2.24, 2.45) is 0 Å². The Morgan fingerprint density at radius 1 is 1.60 bits per heavy atom. The van der Waals surface area contributed by atoms with Crippen molar-refractivity contribution in [1.29, 1.82) is 0 Å². The first-order valence-corrected chi connectivity index (χ1v) is 3.52. The molecule has 0 aliphatic rings. The van der Waals surface area contributed by atoms with Crippen molar-refractivity contribution in [1.82, 2.24) is 4.98 Å². The van der Waals surface area contributed by atoms with Gasteiger partial charge in [0.05, 0.1) is 0 Å². The Kier molecular flexibility index (Phi) is 2.81. The SMILES string of the molecule is [CH2]CCC=Cc1ccc[nH]1. The predicted molar refractivity (Wildman–Crippen MR) is 44.4 cm³/mol. The highest BCUT2D eigenvalue weighted by atomic mass is 14.7. The summed E-state index contributed by atoms with van der Waals surface area (Å²) in [5, 5.41) is 0. The maximum atomic E-state index is 3.74. The quantitative estimate of drug-likeness (QED) is 0.654. The first-order valence-electron chi connectivity index (χ1n) is 3.52. The van der Waals surface area contributed by atoms with Gasteiger partial charge in [-0.1, -0.05) is 13.0 Å². The summed E-state index contributed by atoms with van der Waals surface area (Å²) in [4.78, 5) is 3.09. The maximum Gasteiger partial charge on any atom is 0.0377 e. The lowest BCUT2D eigenvalue weighted by molar-refractivity contribution is 1.05. The van der Waals surface area contributed by atoms with E-state index in [9.17, 15) is 0 Å². The molecule has 0 saturated heterocycles. The molecular formula is C9H12N. The third kappa shape index (κ3) is 2.09. The van der Waals surface area contributed by atoms with Crippen LogP contribution in [-0.4, -0.2) is 4.98 Å². The first kappa shape index (κ1) is 7.13. The van der Waals surface area contributed by atoms with Crippen molar-refractivity contribution in [3.05, 3.63) is 37.0 Å². The molecule has 10 heavy (non-hydrogen) atoms. The van der Waals surface area contributed by atoms with Crippen LogP contribution in [-0.2, 0) is 0 Å². The minimum atomic E-state index is 0.969. The number of H-pyrrole nitrogens is 1. The third-order valence-corrected chi connectivity index (χ3v) is 1.29. The maximum absolute atomic E-state index is 3.74. The zero-order valence-electron chi connectivity index (χ0n) is 6.01. The van der Waals surface area contributed by atoms with E-state index in [1.165, 1.54) is 0 Å². The minimum absolute atomic E-state index is 0.969. The fourth-order valence-electron chi connectivity index (χ4n) is 0.776. The molecule has 1 rings (SSSR count). The van der Waals surface area contributed by atoms with Gasteiger partial charge in [0, 0.05) is 11.9 Å². The van der Waals surface area contributed by atoms with E-state index in [4.69, 9.17) is 0 Å². The molecule has 0 atom stereocenters. The zero-order chi connectivity index (χ0) is 7.23. The van der Waals surface area contributed by atoms with E-state index in [-0.39, 0.29) is 0 Å². The molecule has 0 saturated carbocycles. The van der Waals surface area contributed by atoms with Gasteiger partial charge >= 0.3 is 0 Å². The van der Waals surface area contributed by atoms with Crippen LogP contribution in [0, 0.1) is 6.92 Å². The number of unbranched alkanes of at least 4 members (excludes halogenated alkanes) is 1. The van der Waals surface area contributed by atoms with E-state index >= 15 is 0 Å². The standard InChI is InChI=1S/C9H12N/c1-2-3-4-6-9-7-5-8-10-9/h4-8,10H,1-3H2. The Labute approximate surface area is 61.8 Å². The Hall–Kier alpha value is -0.980. The van der Waals surface area contributed by atoms with Crippen LogP contribution in [0.4, 0.5) is 0 Å². The smallest absolute Gasteiger partial charge is 0.0377 e. The molecule has 1 N–H and O–H groups in total. The molecule has 1 heteroatoms. The Bertz CT molecular complexity index is 185. The fraction of sp³-hybridized carbons (Fsp3) is 0.222. The highest BCUT2D eigenvalue weighted by Gasteiger charge is 1.81. The van der Waals surface area contributed by atoms with E-state index in [0.717, 1.165) is 18.5 Å².